The molecule has 1 aliphatic rings. The molecule has 0 atom stereocenters. The number of carbonyl (C=O) groups excluding carboxylic acids is 2. The number of hydrogen-bond acceptors (Lipinski definition) is 5. The molecule has 0 unspecified atom stereocenters. The summed E-state index contributed by atoms with van der Waals surface area (Å²) in [5.74, 6) is -2.76. The van der Waals surface area contributed by atoms with Crippen molar-refractivity contribution in [2.75, 3.05) is 11.9 Å². The summed E-state index contributed by atoms with van der Waals surface area (Å²) in [6, 6.07) is 16.9. The summed E-state index contributed by atoms with van der Waals surface area (Å²) in [5.41, 5.74) is 2.24. The summed E-state index contributed by atoms with van der Waals surface area (Å²) >= 11 is 0. The summed E-state index contributed by atoms with van der Waals surface area (Å²) in [6.45, 7) is 1.26. The predicted octanol–water partition coefficient (Wildman–Crippen LogP) is 4.90. The number of hydrogen-bond donors (Lipinski definition) is 3. The van der Waals surface area contributed by atoms with Gasteiger partial charge in [-0.25, -0.2) is 9.78 Å². The van der Waals surface area contributed by atoms with Crippen molar-refractivity contribution < 1.29 is 32.7 Å². The van der Waals surface area contributed by atoms with Crippen molar-refractivity contribution in [2.24, 2.45) is 5.92 Å². The number of amides is 2. The van der Waals surface area contributed by atoms with E-state index in [9.17, 15) is 22.8 Å². The first-order valence-electron chi connectivity index (χ1n) is 12.5. The van der Waals surface area contributed by atoms with E-state index in [-0.39, 0.29) is 17.5 Å². The van der Waals surface area contributed by atoms with Crippen molar-refractivity contribution in [1.82, 2.24) is 20.1 Å². The van der Waals surface area contributed by atoms with Crippen molar-refractivity contribution in [3.05, 3.63) is 90.0 Å². The van der Waals surface area contributed by atoms with Gasteiger partial charge in [0.15, 0.2) is 5.69 Å². The van der Waals surface area contributed by atoms with Gasteiger partial charge in [-0.15, -0.1) is 0 Å². The highest BCUT2D eigenvalue weighted by Gasteiger charge is 2.38. The lowest BCUT2D eigenvalue weighted by Crippen LogP contribution is -2.33. The Morgan fingerprint density at radius 2 is 1.68 bits per heavy atom. The van der Waals surface area contributed by atoms with E-state index >= 15 is 0 Å². The van der Waals surface area contributed by atoms with Gasteiger partial charge in [-0.1, -0.05) is 36.8 Å². The van der Waals surface area contributed by atoms with Gasteiger partial charge in [0.05, 0.1) is 12.2 Å². The van der Waals surface area contributed by atoms with Crippen LogP contribution in [0.5, 0.6) is 0 Å². The SMILES string of the molecule is O=C(NCC1CCC1)c1ncccc1NC(=O)c1ccc(Cn2cccn2)c2ccccc12.O=C(O)C(F)(F)F. The Morgan fingerprint density at radius 3 is 2.30 bits per heavy atom. The highest BCUT2D eigenvalue weighted by Crippen LogP contribution is 2.26. The summed E-state index contributed by atoms with van der Waals surface area (Å²) in [5, 5.41) is 19.1. The third-order valence-corrected chi connectivity index (χ3v) is 6.44. The summed E-state index contributed by atoms with van der Waals surface area (Å²) in [6.07, 6.45) is 3.66. The predicted molar refractivity (Wildman–Crippen MR) is 141 cm³/mol. The molecule has 2 amide bonds. The van der Waals surface area contributed by atoms with E-state index in [1.54, 1.807) is 24.5 Å². The number of aromatic nitrogens is 3. The molecule has 9 nitrogen and oxygen atoms in total. The normalized spacial score (nSPS) is 13.1. The summed E-state index contributed by atoms with van der Waals surface area (Å²) < 4.78 is 33.6. The largest absolute Gasteiger partial charge is 0.490 e. The highest BCUT2D eigenvalue weighted by molar-refractivity contribution is 6.15. The maximum atomic E-state index is 13.3. The van der Waals surface area contributed by atoms with Crippen LogP contribution in [0, 0.1) is 5.92 Å². The van der Waals surface area contributed by atoms with E-state index in [4.69, 9.17) is 9.90 Å². The molecular weight excluding hydrogens is 527 g/mol. The fraction of sp³-hybridized carbons (Fsp3) is 0.250. The van der Waals surface area contributed by atoms with Crippen LogP contribution < -0.4 is 10.6 Å². The second-order valence-corrected chi connectivity index (χ2v) is 9.19. The van der Waals surface area contributed by atoms with Gasteiger partial charge in [-0.3, -0.25) is 14.3 Å². The average Bonchev–Trinajstić information content (AvgIpc) is 3.41. The van der Waals surface area contributed by atoms with Crippen LogP contribution in [-0.2, 0) is 11.3 Å². The zero-order valence-corrected chi connectivity index (χ0v) is 21.2. The topological polar surface area (TPSA) is 126 Å². The lowest BCUT2D eigenvalue weighted by molar-refractivity contribution is -0.192. The van der Waals surface area contributed by atoms with Gasteiger partial charge >= 0.3 is 12.1 Å². The van der Waals surface area contributed by atoms with Crippen LogP contribution in [0.2, 0.25) is 0 Å². The molecule has 12 heteroatoms. The van der Waals surface area contributed by atoms with Gasteiger partial charge < -0.3 is 15.7 Å². The number of nitrogens with zero attached hydrogens (tertiary/aromatic N) is 3. The molecule has 0 radical (unpaired) electrons. The third-order valence-electron chi connectivity index (χ3n) is 6.44. The number of carboxylic acids is 1. The van der Waals surface area contributed by atoms with E-state index in [2.05, 4.69) is 20.7 Å². The maximum absolute atomic E-state index is 13.3. The fourth-order valence-corrected chi connectivity index (χ4v) is 4.16. The van der Waals surface area contributed by atoms with Crippen molar-refractivity contribution in [3.63, 3.8) is 0 Å². The number of fused-ring (bicyclic) bond motifs is 1. The number of aliphatic carboxylic acids is 1. The zero-order chi connectivity index (χ0) is 28.7. The minimum atomic E-state index is -5.08. The van der Waals surface area contributed by atoms with Gasteiger partial charge in [0.1, 0.15) is 0 Å². The minimum absolute atomic E-state index is 0.227. The second kappa shape index (κ2) is 12.4. The minimum Gasteiger partial charge on any atom is -0.475 e. The van der Waals surface area contributed by atoms with E-state index in [0.29, 0.717) is 30.3 Å². The smallest absolute Gasteiger partial charge is 0.475 e. The molecule has 1 aliphatic carbocycles. The molecule has 1 fully saturated rings. The van der Waals surface area contributed by atoms with Crippen LogP contribution in [0.4, 0.5) is 18.9 Å². The number of carbonyl (C=O) groups is 3. The monoisotopic (exact) mass is 553 g/mol. The van der Waals surface area contributed by atoms with Gasteiger partial charge in [-0.2, -0.15) is 18.3 Å². The molecule has 2 aromatic carbocycles. The lowest BCUT2D eigenvalue weighted by Gasteiger charge is -2.25. The highest BCUT2D eigenvalue weighted by atomic mass is 19.4. The molecule has 0 aliphatic heterocycles. The number of carboxylic acid groups (broad SMARTS) is 1. The molecule has 0 saturated heterocycles. The number of benzene rings is 2. The number of nitrogens with one attached hydrogen (secondary N) is 2. The number of pyridine rings is 1. The van der Waals surface area contributed by atoms with Crippen LogP contribution in [0.3, 0.4) is 0 Å². The quantitative estimate of drug-likeness (QED) is 0.299. The number of halogens is 3. The van der Waals surface area contributed by atoms with Gasteiger partial charge in [0, 0.05) is 30.7 Å². The molecule has 2 aromatic heterocycles. The Labute approximate surface area is 227 Å². The van der Waals surface area contributed by atoms with Gasteiger partial charge in [0.25, 0.3) is 11.8 Å². The molecule has 5 rings (SSSR count). The number of anilines is 1. The molecule has 1 saturated carbocycles. The van der Waals surface area contributed by atoms with Gasteiger partial charge in [0.2, 0.25) is 0 Å². The van der Waals surface area contributed by atoms with Crippen LogP contribution in [0.15, 0.2) is 73.2 Å². The van der Waals surface area contributed by atoms with E-state index < -0.39 is 12.1 Å². The van der Waals surface area contributed by atoms with Crippen LogP contribution in [-0.4, -0.2) is 50.4 Å². The average molecular weight is 554 g/mol. The summed E-state index contributed by atoms with van der Waals surface area (Å²) in [4.78, 5) is 39.1. The Kier molecular flexibility index (Phi) is 8.77. The molecule has 4 aromatic rings. The third kappa shape index (κ3) is 7.01. The number of alkyl halides is 3. The first-order valence-corrected chi connectivity index (χ1v) is 12.5. The van der Waals surface area contributed by atoms with Crippen molar-refractivity contribution >= 4 is 34.2 Å². The fourth-order valence-electron chi connectivity index (χ4n) is 4.16. The molecule has 0 bridgehead atoms. The second-order valence-electron chi connectivity index (χ2n) is 9.19. The maximum Gasteiger partial charge on any atom is 0.490 e. The van der Waals surface area contributed by atoms with Crippen molar-refractivity contribution in [1.29, 1.82) is 0 Å². The molecule has 208 valence electrons. The Hall–Kier alpha value is -4.74. The molecular formula is C28H26F3N5O4. The summed E-state index contributed by atoms with van der Waals surface area (Å²) in [7, 11) is 0. The van der Waals surface area contributed by atoms with Crippen LogP contribution in [0.25, 0.3) is 10.8 Å². The van der Waals surface area contributed by atoms with E-state index in [0.717, 1.165) is 29.2 Å². The van der Waals surface area contributed by atoms with E-state index in [1.165, 1.54) is 6.42 Å². The molecule has 40 heavy (non-hydrogen) atoms. The zero-order valence-electron chi connectivity index (χ0n) is 21.2. The van der Waals surface area contributed by atoms with Crippen LogP contribution >= 0.6 is 0 Å². The Balaban J connectivity index is 0.000000470. The van der Waals surface area contributed by atoms with Gasteiger partial charge in [-0.05, 0) is 59.4 Å². The Bertz CT molecular complexity index is 1500. The van der Waals surface area contributed by atoms with Crippen molar-refractivity contribution in [3.8, 4) is 0 Å². The Morgan fingerprint density at radius 1 is 0.950 bits per heavy atom. The molecule has 3 N–H and O–H groups in total. The van der Waals surface area contributed by atoms with Crippen LogP contribution in [0.1, 0.15) is 45.7 Å². The first-order chi connectivity index (χ1) is 19.1. The molecule has 2 heterocycles. The molecule has 0 spiro atoms. The lowest BCUT2D eigenvalue weighted by atomic mass is 9.85. The standard InChI is InChI=1S/C26H25N5O2.C2HF3O2/c32-25(30-23-10-4-13-27-24(23)26(33)28-16-18-6-3-7-18)22-12-11-19(17-31-15-5-14-29-31)20-8-1-2-9-21(20)22;3-2(4,5)1(6)7/h1-2,4-5,8-15,18H,3,6-7,16-17H2,(H,28,33)(H,30,32);(H,6,7). The first kappa shape index (κ1) is 28.3. The number of rotatable bonds is 7. The van der Waals surface area contributed by atoms with E-state index in [1.807, 2.05) is 53.3 Å². The van der Waals surface area contributed by atoms with Crippen molar-refractivity contribution in [2.45, 2.75) is 32.0 Å².